The van der Waals surface area contributed by atoms with Crippen LogP contribution in [0.1, 0.15) is 6.92 Å². The molecule has 2 rings (SSSR count). The van der Waals surface area contributed by atoms with Crippen molar-refractivity contribution in [3.8, 4) is 0 Å². The quantitative estimate of drug-likeness (QED) is 0.226. The third kappa shape index (κ3) is 4.48. The van der Waals surface area contributed by atoms with Gasteiger partial charge in [0.15, 0.2) is 12.6 Å². The molecule has 12 nitrogen and oxygen atoms in total. The zero-order valence-electron chi connectivity index (χ0n) is 14.0. The van der Waals surface area contributed by atoms with Crippen molar-refractivity contribution in [3.63, 3.8) is 0 Å². The summed E-state index contributed by atoms with van der Waals surface area (Å²) in [6.45, 7) is 0.0944. The predicted molar refractivity (Wildman–Crippen MR) is 80.2 cm³/mol. The van der Waals surface area contributed by atoms with Crippen LogP contribution in [0.5, 0.6) is 0 Å². The topological polar surface area (TPSA) is 198 Å². The van der Waals surface area contributed by atoms with E-state index >= 15 is 0 Å². The summed E-state index contributed by atoms with van der Waals surface area (Å²) in [7, 11) is 0. The maximum absolute atomic E-state index is 11.3. The zero-order chi connectivity index (χ0) is 19.6. The van der Waals surface area contributed by atoms with Crippen molar-refractivity contribution in [2.45, 2.75) is 68.3 Å². The minimum atomic E-state index is -1.75. The average molecular weight is 383 g/mol. The maximum Gasteiger partial charge on any atom is 0.217 e. The van der Waals surface area contributed by atoms with E-state index in [9.17, 15) is 40.5 Å². The maximum atomic E-state index is 11.3. The van der Waals surface area contributed by atoms with Crippen molar-refractivity contribution in [2.24, 2.45) is 0 Å². The molecule has 0 spiro atoms. The second-order valence-electron chi connectivity index (χ2n) is 6.30. The van der Waals surface area contributed by atoms with Gasteiger partial charge in [0.1, 0.15) is 48.8 Å². The minimum absolute atomic E-state index is 0.455. The number of amides is 1. The Bertz CT molecular complexity index is 480. The van der Waals surface area contributed by atoms with Crippen molar-refractivity contribution in [3.05, 3.63) is 0 Å². The van der Waals surface area contributed by atoms with Crippen molar-refractivity contribution < 1.29 is 54.8 Å². The molecule has 2 heterocycles. The Morgan fingerprint density at radius 1 is 0.923 bits per heavy atom. The molecule has 26 heavy (non-hydrogen) atoms. The number of carbonyl (C=O) groups excluding carboxylic acids is 1. The Hall–Kier alpha value is -0.930. The molecule has 152 valence electrons. The molecule has 0 bridgehead atoms. The molecule has 2 fully saturated rings. The first-order valence-corrected chi connectivity index (χ1v) is 8.06. The largest absolute Gasteiger partial charge is 0.394 e. The fraction of sp³-hybridized carbons (Fsp3) is 0.929. The standard InChI is InChI=1S/C14H25NO11/c1-4(17)15-7-10(20)8(18)5(2-16)26-14(7)24-3-6-9(19)11(21)12(22)13(23)25-6/h5-14,16,18-23H,2-3H2,1H3,(H,15,17)/t5-,6-,7-,8+,9-,10-,11+,12-,13+,14-/m1/s1. The summed E-state index contributed by atoms with van der Waals surface area (Å²) < 4.78 is 15.7. The molecule has 0 aromatic rings. The molecule has 0 aromatic carbocycles. The highest BCUT2D eigenvalue weighted by atomic mass is 16.7. The van der Waals surface area contributed by atoms with Crippen molar-refractivity contribution in [1.82, 2.24) is 5.32 Å². The fourth-order valence-corrected chi connectivity index (χ4v) is 2.87. The van der Waals surface area contributed by atoms with Crippen molar-refractivity contribution >= 4 is 5.91 Å². The molecule has 2 aliphatic heterocycles. The lowest BCUT2D eigenvalue weighted by Gasteiger charge is -2.43. The van der Waals surface area contributed by atoms with E-state index < -0.39 is 80.5 Å². The van der Waals surface area contributed by atoms with Gasteiger partial charge in [-0.1, -0.05) is 0 Å². The van der Waals surface area contributed by atoms with Crippen LogP contribution in [0.25, 0.3) is 0 Å². The van der Waals surface area contributed by atoms with Crippen LogP contribution in [0.3, 0.4) is 0 Å². The number of aliphatic hydroxyl groups excluding tert-OH is 7. The summed E-state index contributed by atoms with van der Waals surface area (Å²) in [4.78, 5) is 11.3. The molecule has 0 aromatic heterocycles. The van der Waals surface area contributed by atoms with Crippen LogP contribution in [0, 0.1) is 0 Å². The molecule has 12 heteroatoms. The number of hydrogen-bond acceptors (Lipinski definition) is 11. The number of aliphatic hydroxyl groups is 7. The summed E-state index contributed by atoms with van der Waals surface area (Å²) in [5, 5.41) is 70.1. The number of carbonyl (C=O) groups is 1. The van der Waals surface area contributed by atoms with Crippen LogP contribution in [0.4, 0.5) is 0 Å². The molecular formula is C14H25NO11. The molecule has 8 N–H and O–H groups in total. The van der Waals surface area contributed by atoms with Crippen LogP contribution >= 0.6 is 0 Å². The van der Waals surface area contributed by atoms with Gasteiger partial charge in [-0.15, -0.1) is 0 Å². The smallest absolute Gasteiger partial charge is 0.217 e. The van der Waals surface area contributed by atoms with Crippen molar-refractivity contribution in [2.75, 3.05) is 13.2 Å². The highest BCUT2D eigenvalue weighted by molar-refractivity contribution is 5.73. The SMILES string of the molecule is CC(=O)N[C@H]1[C@H](OC[C@H]2O[C@H](O)[C@H](O)[C@@H](O)[C@@H]2O)O[C@H](CO)[C@H](O)[C@@H]1O. The second-order valence-corrected chi connectivity index (χ2v) is 6.30. The molecule has 1 amide bonds. The summed E-state index contributed by atoms with van der Waals surface area (Å²) >= 11 is 0. The molecule has 0 saturated carbocycles. The first-order valence-electron chi connectivity index (χ1n) is 8.06. The summed E-state index contributed by atoms with van der Waals surface area (Å²) in [6, 6.07) is -1.19. The van der Waals surface area contributed by atoms with Gasteiger partial charge < -0.3 is 55.3 Å². The number of hydrogen-bond donors (Lipinski definition) is 8. The van der Waals surface area contributed by atoms with Gasteiger partial charge in [-0.25, -0.2) is 0 Å². The Morgan fingerprint density at radius 3 is 2.12 bits per heavy atom. The molecule has 0 unspecified atom stereocenters. The van der Waals surface area contributed by atoms with E-state index in [2.05, 4.69) is 5.32 Å². The highest BCUT2D eigenvalue weighted by Gasteiger charge is 2.47. The van der Waals surface area contributed by atoms with E-state index in [-0.39, 0.29) is 0 Å². The fourth-order valence-electron chi connectivity index (χ4n) is 2.87. The van der Waals surface area contributed by atoms with E-state index in [0.717, 1.165) is 0 Å². The van der Waals surface area contributed by atoms with E-state index in [1.807, 2.05) is 0 Å². The van der Waals surface area contributed by atoms with Crippen LogP contribution < -0.4 is 5.32 Å². The predicted octanol–water partition coefficient (Wildman–Crippen LogP) is -5.25. The van der Waals surface area contributed by atoms with Gasteiger partial charge in [0.25, 0.3) is 0 Å². The Labute approximate surface area is 148 Å². The van der Waals surface area contributed by atoms with Crippen LogP contribution in [-0.4, -0.2) is 116 Å². The van der Waals surface area contributed by atoms with Crippen LogP contribution in [0.2, 0.25) is 0 Å². The number of ether oxygens (including phenoxy) is 3. The first kappa shape index (κ1) is 21.4. The summed E-state index contributed by atoms with van der Waals surface area (Å²) in [5.41, 5.74) is 0. The van der Waals surface area contributed by atoms with Gasteiger partial charge in [0.05, 0.1) is 13.2 Å². The average Bonchev–Trinajstić information content (AvgIpc) is 2.60. The minimum Gasteiger partial charge on any atom is -0.394 e. The van der Waals surface area contributed by atoms with E-state index in [1.54, 1.807) is 0 Å². The van der Waals surface area contributed by atoms with Gasteiger partial charge in [-0.2, -0.15) is 0 Å². The van der Waals surface area contributed by atoms with E-state index in [4.69, 9.17) is 14.2 Å². The van der Waals surface area contributed by atoms with Crippen molar-refractivity contribution in [1.29, 1.82) is 0 Å². The lowest BCUT2D eigenvalue weighted by Crippen LogP contribution is -2.65. The Kier molecular flexibility index (Phi) is 7.27. The van der Waals surface area contributed by atoms with Gasteiger partial charge >= 0.3 is 0 Å². The molecule has 0 aliphatic carbocycles. The zero-order valence-corrected chi connectivity index (χ0v) is 14.0. The third-order valence-electron chi connectivity index (χ3n) is 4.36. The highest BCUT2D eigenvalue weighted by Crippen LogP contribution is 2.25. The third-order valence-corrected chi connectivity index (χ3v) is 4.36. The van der Waals surface area contributed by atoms with Gasteiger partial charge in [0, 0.05) is 6.92 Å². The van der Waals surface area contributed by atoms with E-state index in [1.165, 1.54) is 6.92 Å². The normalized spacial score (nSPS) is 46.8. The lowest BCUT2D eigenvalue weighted by atomic mass is 9.96. The van der Waals surface area contributed by atoms with Gasteiger partial charge in [-0.05, 0) is 0 Å². The number of rotatable bonds is 5. The molecule has 2 saturated heterocycles. The monoisotopic (exact) mass is 383 g/mol. The molecule has 0 radical (unpaired) electrons. The van der Waals surface area contributed by atoms with Gasteiger partial charge in [-0.3, -0.25) is 4.79 Å². The Morgan fingerprint density at radius 2 is 1.54 bits per heavy atom. The van der Waals surface area contributed by atoms with Crippen LogP contribution in [-0.2, 0) is 19.0 Å². The summed E-state index contributed by atoms with van der Waals surface area (Å²) in [5.74, 6) is -0.538. The van der Waals surface area contributed by atoms with Gasteiger partial charge in [0.2, 0.25) is 5.91 Å². The molecule has 2 aliphatic rings. The molecular weight excluding hydrogens is 358 g/mol. The van der Waals surface area contributed by atoms with E-state index in [0.29, 0.717) is 0 Å². The van der Waals surface area contributed by atoms with Crippen LogP contribution in [0.15, 0.2) is 0 Å². The lowest BCUT2D eigenvalue weighted by molar-refractivity contribution is -0.311. The second kappa shape index (κ2) is 8.84. The summed E-state index contributed by atoms with van der Waals surface area (Å²) in [6.07, 6.45) is -13.5. The Balaban J connectivity index is 2.05. The first-order chi connectivity index (χ1) is 12.2. The number of nitrogens with one attached hydrogen (secondary N) is 1. The molecule has 10 atom stereocenters.